The summed E-state index contributed by atoms with van der Waals surface area (Å²) < 4.78 is 24.7. The van der Waals surface area contributed by atoms with Gasteiger partial charge in [-0.25, -0.2) is 4.39 Å². The lowest BCUT2D eigenvalue weighted by Crippen LogP contribution is -2.26. The molecule has 20 heavy (non-hydrogen) atoms. The second-order valence-electron chi connectivity index (χ2n) is 5.56. The Morgan fingerprint density at radius 2 is 1.95 bits per heavy atom. The van der Waals surface area contributed by atoms with Gasteiger partial charge in [-0.05, 0) is 31.9 Å². The van der Waals surface area contributed by atoms with E-state index in [9.17, 15) is 9.18 Å². The minimum absolute atomic E-state index is 0.0417. The number of ether oxygens (including phenoxy) is 1. The number of carbonyl (C=O) groups excluding carboxylic acids is 1. The highest BCUT2D eigenvalue weighted by atomic mass is 19.1. The lowest BCUT2D eigenvalue weighted by molar-refractivity contribution is 0.0485. The van der Waals surface area contributed by atoms with Gasteiger partial charge in [0.15, 0.2) is 17.2 Å². The normalized spacial score (nSPS) is 30.0. The van der Waals surface area contributed by atoms with E-state index in [2.05, 4.69) is 0 Å². The van der Waals surface area contributed by atoms with Crippen LogP contribution in [-0.2, 0) is 4.74 Å². The highest BCUT2D eigenvalue weighted by Gasteiger charge is 2.42. The summed E-state index contributed by atoms with van der Waals surface area (Å²) in [7, 11) is 0. The van der Waals surface area contributed by atoms with Crippen LogP contribution in [0.3, 0.4) is 0 Å². The molecule has 0 amide bonds. The van der Waals surface area contributed by atoms with Crippen molar-refractivity contribution in [3.8, 4) is 0 Å². The van der Waals surface area contributed by atoms with Crippen molar-refractivity contribution in [2.45, 2.75) is 33.0 Å². The summed E-state index contributed by atoms with van der Waals surface area (Å²) in [5, 5.41) is 0.612. The Kier molecular flexibility index (Phi) is 3.13. The first kappa shape index (κ1) is 13.3. The minimum atomic E-state index is -0.446. The van der Waals surface area contributed by atoms with Crippen molar-refractivity contribution < 1.29 is 18.3 Å². The number of hydrogen-bond acceptors (Lipinski definition) is 3. The molecule has 1 saturated heterocycles. The Labute approximate surface area is 116 Å². The van der Waals surface area contributed by atoms with Gasteiger partial charge in [0.05, 0.1) is 18.1 Å². The Morgan fingerprint density at radius 3 is 2.55 bits per heavy atom. The summed E-state index contributed by atoms with van der Waals surface area (Å²) in [4.78, 5) is 12.6. The maximum absolute atomic E-state index is 13.6. The fourth-order valence-electron chi connectivity index (χ4n) is 3.03. The molecule has 2 aromatic rings. The number of para-hydroxylation sites is 1. The van der Waals surface area contributed by atoms with Crippen molar-refractivity contribution in [2.24, 2.45) is 11.8 Å². The zero-order chi connectivity index (χ0) is 14.4. The first-order valence-electron chi connectivity index (χ1n) is 6.86. The molecule has 1 aromatic heterocycles. The molecule has 0 saturated carbocycles. The molecule has 0 radical (unpaired) electrons. The number of rotatable bonds is 2. The molecule has 4 atom stereocenters. The number of benzene rings is 1. The Balaban J connectivity index is 1.99. The zero-order valence-electron chi connectivity index (χ0n) is 11.7. The lowest BCUT2D eigenvalue weighted by atomic mass is 9.85. The molecule has 1 aliphatic heterocycles. The molecule has 0 aliphatic carbocycles. The van der Waals surface area contributed by atoms with Crippen molar-refractivity contribution in [1.29, 1.82) is 0 Å². The maximum Gasteiger partial charge on any atom is 0.204 e. The lowest BCUT2D eigenvalue weighted by Gasteiger charge is -2.15. The smallest absolute Gasteiger partial charge is 0.204 e. The topological polar surface area (TPSA) is 39.4 Å². The predicted octanol–water partition coefficient (Wildman–Crippen LogP) is 3.81. The van der Waals surface area contributed by atoms with E-state index in [0.29, 0.717) is 5.39 Å². The van der Waals surface area contributed by atoms with Gasteiger partial charge in [-0.2, -0.15) is 0 Å². The number of carbonyl (C=O) groups is 1. The van der Waals surface area contributed by atoms with Crippen LogP contribution in [0, 0.1) is 17.7 Å². The van der Waals surface area contributed by atoms with Gasteiger partial charge in [0.2, 0.25) is 5.78 Å². The summed E-state index contributed by atoms with van der Waals surface area (Å²) in [6, 6.07) is 6.28. The molecule has 2 heterocycles. The van der Waals surface area contributed by atoms with E-state index in [1.807, 2.05) is 20.8 Å². The van der Waals surface area contributed by atoms with Crippen molar-refractivity contribution in [2.75, 3.05) is 0 Å². The number of fused-ring (bicyclic) bond motifs is 1. The third-order valence-electron chi connectivity index (χ3n) is 4.28. The molecule has 3 nitrogen and oxygen atoms in total. The molecular formula is C16H17FO3. The maximum atomic E-state index is 13.6. The summed E-state index contributed by atoms with van der Waals surface area (Å²) in [6.45, 7) is 5.86. The average Bonchev–Trinajstić information content (AvgIpc) is 2.93. The van der Waals surface area contributed by atoms with Gasteiger partial charge in [-0.3, -0.25) is 4.79 Å². The van der Waals surface area contributed by atoms with Gasteiger partial charge in [0, 0.05) is 5.39 Å². The van der Waals surface area contributed by atoms with Gasteiger partial charge in [-0.15, -0.1) is 0 Å². The molecule has 3 rings (SSSR count). The molecule has 4 unspecified atom stereocenters. The fourth-order valence-corrected chi connectivity index (χ4v) is 3.03. The van der Waals surface area contributed by atoms with Gasteiger partial charge in [0.1, 0.15) is 0 Å². The molecular weight excluding hydrogens is 259 g/mol. The number of furan rings is 1. The molecule has 0 N–H and O–H groups in total. The summed E-state index contributed by atoms with van der Waals surface area (Å²) in [5.74, 6) is -0.459. The Morgan fingerprint density at radius 1 is 1.20 bits per heavy atom. The third kappa shape index (κ3) is 1.95. The van der Waals surface area contributed by atoms with Crippen LogP contribution in [0.25, 0.3) is 11.0 Å². The number of ketones is 1. The van der Waals surface area contributed by atoms with E-state index < -0.39 is 5.82 Å². The minimum Gasteiger partial charge on any atom is -0.450 e. The highest BCUT2D eigenvalue weighted by Crippen LogP contribution is 2.35. The van der Waals surface area contributed by atoms with Crippen LogP contribution in [0.15, 0.2) is 28.7 Å². The monoisotopic (exact) mass is 276 g/mol. The Hall–Kier alpha value is -1.68. The second kappa shape index (κ2) is 4.70. The fraction of sp³-hybridized carbons (Fsp3) is 0.438. The second-order valence-corrected chi connectivity index (χ2v) is 5.56. The summed E-state index contributed by atoms with van der Waals surface area (Å²) >= 11 is 0. The predicted molar refractivity (Wildman–Crippen MR) is 73.2 cm³/mol. The van der Waals surface area contributed by atoms with Gasteiger partial charge in [0.25, 0.3) is 0 Å². The first-order chi connectivity index (χ1) is 9.49. The standard InChI is InChI=1S/C16H17FO3/c1-8-9(2)19-10(3)14(8)15(18)13-7-11-5-4-6-12(17)16(11)20-13/h4-10,14H,1-3H3. The first-order valence-corrected chi connectivity index (χ1v) is 6.86. The van der Waals surface area contributed by atoms with Crippen LogP contribution in [0.2, 0.25) is 0 Å². The highest BCUT2D eigenvalue weighted by molar-refractivity contribution is 5.99. The summed E-state index contributed by atoms with van der Waals surface area (Å²) in [6.07, 6.45) is -0.106. The van der Waals surface area contributed by atoms with E-state index in [1.165, 1.54) is 6.07 Å². The van der Waals surface area contributed by atoms with E-state index in [0.717, 1.165) is 0 Å². The number of halogens is 1. The Bertz CT molecular complexity index is 661. The summed E-state index contributed by atoms with van der Waals surface area (Å²) in [5.41, 5.74) is 0.142. The van der Waals surface area contributed by atoms with Gasteiger partial charge >= 0.3 is 0 Å². The van der Waals surface area contributed by atoms with Gasteiger partial charge < -0.3 is 9.15 Å². The van der Waals surface area contributed by atoms with Crippen LogP contribution < -0.4 is 0 Å². The van der Waals surface area contributed by atoms with E-state index in [1.54, 1.807) is 18.2 Å². The van der Waals surface area contributed by atoms with E-state index in [-0.39, 0.29) is 41.2 Å². The number of hydrogen-bond donors (Lipinski definition) is 0. The van der Waals surface area contributed by atoms with Crippen molar-refractivity contribution >= 4 is 16.8 Å². The number of Topliss-reactive ketones (excluding diaryl/α,β-unsaturated/α-hetero) is 1. The van der Waals surface area contributed by atoms with E-state index >= 15 is 0 Å². The van der Waals surface area contributed by atoms with Gasteiger partial charge in [-0.1, -0.05) is 19.1 Å². The van der Waals surface area contributed by atoms with E-state index in [4.69, 9.17) is 9.15 Å². The van der Waals surface area contributed by atoms with Crippen molar-refractivity contribution in [3.63, 3.8) is 0 Å². The largest absolute Gasteiger partial charge is 0.450 e. The quantitative estimate of drug-likeness (QED) is 0.783. The zero-order valence-corrected chi connectivity index (χ0v) is 11.7. The molecule has 1 fully saturated rings. The van der Waals surface area contributed by atoms with Crippen LogP contribution in [0.1, 0.15) is 31.3 Å². The molecule has 1 aromatic carbocycles. The average molecular weight is 276 g/mol. The van der Waals surface area contributed by atoms with Crippen LogP contribution in [-0.4, -0.2) is 18.0 Å². The third-order valence-corrected chi connectivity index (χ3v) is 4.28. The molecule has 0 bridgehead atoms. The van der Waals surface area contributed by atoms with Crippen LogP contribution >= 0.6 is 0 Å². The molecule has 0 spiro atoms. The molecule has 106 valence electrons. The SMILES string of the molecule is CC1OC(C)C(C(=O)c2cc3cccc(F)c3o2)C1C. The van der Waals surface area contributed by atoms with Crippen molar-refractivity contribution in [1.82, 2.24) is 0 Å². The van der Waals surface area contributed by atoms with Crippen LogP contribution in [0.4, 0.5) is 4.39 Å². The van der Waals surface area contributed by atoms with Crippen LogP contribution in [0.5, 0.6) is 0 Å². The van der Waals surface area contributed by atoms with Crippen molar-refractivity contribution in [3.05, 3.63) is 35.8 Å². The molecule has 1 aliphatic rings. The molecule has 4 heteroatoms.